The quantitative estimate of drug-likeness (QED) is 0.487. The summed E-state index contributed by atoms with van der Waals surface area (Å²) in [7, 11) is 1.65. The molecule has 1 aromatic carbocycles. The highest BCUT2D eigenvalue weighted by Crippen LogP contribution is 2.28. The highest BCUT2D eigenvalue weighted by molar-refractivity contribution is 7.11. The maximum Gasteiger partial charge on any atom is 0.416 e. The van der Waals surface area contributed by atoms with Crippen molar-refractivity contribution in [3.8, 4) is 11.8 Å². The van der Waals surface area contributed by atoms with E-state index in [2.05, 4.69) is 32.5 Å². The fourth-order valence-electron chi connectivity index (χ4n) is 2.01. The average Bonchev–Trinajstić information content (AvgIpc) is 2.92. The predicted octanol–water partition coefficient (Wildman–Crippen LogP) is 3.50. The van der Waals surface area contributed by atoms with Gasteiger partial charge in [-0.15, -0.1) is 11.3 Å². The Kier molecular flexibility index (Phi) is 6.64. The van der Waals surface area contributed by atoms with Crippen molar-refractivity contribution < 1.29 is 13.2 Å². The van der Waals surface area contributed by atoms with E-state index in [1.807, 2.05) is 13.8 Å². The first-order valence-corrected chi connectivity index (χ1v) is 8.65. The van der Waals surface area contributed by atoms with E-state index in [0.717, 1.165) is 22.8 Å². The third-order valence-electron chi connectivity index (χ3n) is 3.49. The van der Waals surface area contributed by atoms with Gasteiger partial charge < -0.3 is 10.6 Å². The largest absolute Gasteiger partial charge is 0.416 e. The molecule has 0 fully saturated rings. The van der Waals surface area contributed by atoms with Crippen LogP contribution in [0.25, 0.3) is 0 Å². The highest BCUT2D eigenvalue weighted by atomic mass is 32.1. The topological polar surface area (TPSA) is 49.3 Å². The molecule has 2 aromatic rings. The second-order valence-corrected chi connectivity index (χ2v) is 6.69. The molecule has 0 saturated carbocycles. The van der Waals surface area contributed by atoms with Gasteiger partial charge in [-0.05, 0) is 38.1 Å². The number of aliphatic imine (C=N–C) groups is 1. The van der Waals surface area contributed by atoms with Crippen LogP contribution in [0, 0.1) is 25.7 Å². The molecule has 8 heteroatoms. The zero-order chi connectivity index (χ0) is 19.2. The number of nitrogens with zero attached hydrogens (tertiary/aromatic N) is 2. The summed E-state index contributed by atoms with van der Waals surface area (Å²) < 4.78 is 37.5. The van der Waals surface area contributed by atoms with E-state index in [9.17, 15) is 13.2 Å². The Labute approximate surface area is 154 Å². The van der Waals surface area contributed by atoms with E-state index in [0.29, 0.717) is 24.6 Å². The summed E-state index contributed by atoms with van der Waals surface area (Å²) in [6, 6.07) is 4.76. The van der Waals surface area contributed by atoms with Crippen molar-refractivity contribution in [2.45, 2.75) is 26.6 Å². The molecule has 0 unspecified atom stereocenters. The molecule has 0 aliphatic rings. The second-order valence-electron chi connectivity index (χ2n) is 5.41. The SMILES string of the molecule is CN=C(NCC#Cc1ccc(C(F)(F)F)cc1)NCc1nc(C)c(C)s1. The van der Waals surface area contributed by atoms with Crippen LogP contribution in [-0.2, 0) is 12.7 Å². The Bertz CT molecular complexity index is 807. The summed E-state index contributed by atoms with van der Waals surface area (Å²) in [6.45, 7) is 4.88. The number of guanidine groups is 1. The van der Waals surface area contributed by atoms with Crippen LogP contribution in [0.4, 0.5) is 13.2 Å². The molecule has 0 aliphatic carbocycles. The molecular formula is C18H19F3N4S. The number of hydrogen-bond acceptors (Lipinski definition) is 3. The van der Waals surface area contributed by atoms with Crippen molar-refractivity contribution in [2.24, 2.45) is 4.99 Å². The molecule has 2 N–H and O–H groups in total. The predicted molar refractivity (Wildman–Crippen MR) is 98.1 cm³/mol. The average molecular weight is 380 g/mol. The summed E-state index contributed by atoms with van der Waals surface area (Å²) in [6.07, 6.45) is -4.33. The van der Waals surface area contributed by atoms with Crippen LogP contribution < -0.4 is 10.6 Å². The molecule has 0 atom stereocenters. The van der Waals surface area contributed by atoms with Crippen LogP contribution in [0.2, 0.25) is 0 Å². The minimum absolute atomic E-state index is 0.316. The third-order valence-corrected chi connectivity index (χ3v) is 4.57. The minimum Gasteiger partial charge on any atom is -0.350 e. The zero-order valence-electron chi connectivity index (χ0n) is 14.7. The number of thiazole rings is 1. The number of alkyl halides is 3. The maximum atomic E-state index is 12.5. The van der Waals surface area contributed by atoms with Gasteiger partial charge in [0.2, 0.25) is 0 Å². The number of aromatic nitrogens is 1. The molecule has 1 aromatic heterocycles. The van der Waals surface area contributed by atoms with Crippen molar-refractivity contribution in [1.82, 2.24) is 15.6 Å². The smallest absolute Gasteiger partial charge is 0.350 e. The Morgan fingerprint density at radius 3 is 2.42 bits per heavy atom. The summed E-state index contributed by atoms with van der Waals surface area (Å²) in [4.78, 5) is 9.72. The summed E-state index contributed by atoms with van der Waals surface area (Å²) in [5.41, 5.74) is 0.868. The fourth-order valence-corrected chi connectivity index (χ4v) is 2.89. The van der Waals surface area contributed by atoms with Crippen molar-refractivity contribution in [3.63, 3.8) is 0 Å². The molecule has 4 nitrogen and oxygen atoms in total. The minimum atomic E-state index is -4.33. The maximum absolute atomic E-state index is 12.5. The lowest BCUT2D eigenvalue weighted by molar-refractivity contribution is -0.137. The van der Waals surface area contributed by atoms with E-state index in [1.54, 1.807) is 18.4 Å². The van der Waals surface area contributed by atoms with Crippen LogP contribution in [0.15, 0.2) is 29.3 Å². The molecule has 26 heavy (non-hydrogen) atoms. The van der Waals surface area contributed by atoms with E-state index in [4.69, 9.17) is 0 Å². The molecule has 0 aliphatic heterocycles. The molecule has 2 rings (SSSR count). The molecule has 0 saturated heterocycles. The number of aryl methyl sites for hydroxylation is 2. The van der Waals surface area contributed by atoms with Gasteiger partial charge in [0.15, 0.2) is 5.96 Å². The van der Waals surface area contributed by atoms with Gasteiger partial charge in [-0.25, -0.2) is 4.98 Å². The van der Waals surface area contributed by atoms with Gasteiger partial charge in [0.05, 0.1) is 24.3 Å². The van der Waals surface area contributed by atoms with Gasteiger partial charge in [0, 0.05) is 17.5 Å². The molecule has 0 spiro atoms. The highest BCUT2D eigenvalue weighted by Gasteiger charge is 2.29. The van der Waals surface area contributed by atoms with Crippen LogP contribution in [0.3, 0.4) is 0 Å². The van der Waals surface area contributed by atoms with E-state index >= 15 is 0 Å². The lowest BCUT2D eigenvalue weighted by Crippen LogP contribution is -2.36. The number of rotatable bonds is 3. The van der Waals surface area contributed by atoms with Crippen molar-refractivity contribution in [1.29, 1.82) is 0 Å². The first-order valence-electron chi connectivity index (χ1n) is 7.83. The standard InChI is InChI=1S/C18H19F3N4S/c1-12-13(2)26-16(25-12)11-24-17(22-3)23-10-4-5-14-6-8-15(9-7-14)18(19,20)21/h6-9H,10-11H2,1-3H3,(H2,22,23,24). The van der Waals surface area contributed by atoms with Gasteiger partial charge in [0.25, 0.3) is 0 Å². The van der Waals surface area contributed by atoms with Crippen molar-refractivity contribution >= 4 is 17.3 Å². The van der Waals surface area contributed by atoms with Crippen LogP contribution in [0.1, 0.15) is 26.7 Å². The van der Waals surface area contributed by atoms with E-state index in [1.165, 1.54) is 17.0 Å². The van der Waals surface area contributed by atoms with Gasteiger partial charge in [0.1, 0.15) is 5.01 Å². The Morgan fingerprint density at radius 1 is 1.19 bits per heavy atom. The third kappa shape index (κ3) is 5.77. The Balaban J connectivity index is 1.83. The number of benzene rings is 1. The van der Waals surface area contributed by atoms with Crippen LogP contribution in [0.5, 0.6) is 0 Å². The number of nitrogens with one attached hydrogen (secondary N) is 2. The van der Waals surface area contributed by atoms with Gasteiger partial charge in [-0.3, -0.25) is 4.99 Å². The van der Waals surface area contributed by atoms with Crippen LogP contribution >= 0.6 is 11.3 Å². The van der Waals surface area contributed by atoms with Crippen LogP contribution in [-0.4, -0.2) is 24.5 Å². The van der Waals surface area contributed by atoms with Gasteiger partial charge in [-0.2, -0.15) is 13.2 Å². The van der Waals surface area contributed by atoms with Crippen molar-refractivity contribution in [3.05, 3.63) is 51.0 Å². The first-order chi connectivity index (χ1) is 12.3. The lowest BCUT2D eigenvalue weighted by Gasteiger charge is -2.08. The lowest BCUT2D eigenvalue weighted by atomic mass is 10.1. The first kappa shape index (κ1) is 19.8. The monoisotopic (exact) mass is 380 g/mol. The Hall–Kier alpha value is -2.53. The molecule has 0 amide bonds. The number of hydrogen-bond donors (Lipinski definition) is 2. The molecule has 0 bridgehead atoms. The van der Waals surface area contributed by atoms with E-state index < -0.39 is 11.7 Å². The second kappa shape index (κ2) is 8.72. The summed E-state index contributed by atoms with van der Waals surface area (Å²) >= 11 is 1.63. The van der Waals surface area contributed by atoms with Gasteiger partial charge >= 0.3 is 6.18 Å². The molecular weight excluding hydrogens is 361 g/mol. The fraction of sp³-hybridized carbons (Fsp3) is 0.333. The van der Waals surface area contributed by atoms with Gasteiger partial charge in [-0.1, -0.05) is 11.8 Å². The summed E-state index contributed by atoms with van der Waals surface area (Å²) in [5.74, 6) is 6.26. The molecule has 0 radical (unpaired) electrons. The van der Waals surface area contributed by atoms with Crippen molar-refractivity contribution in [2.75, 3.05) is 13.6 Å². The zero-order valence-corrected chi connectivity index (χ0v) is 15.5. The normalized spacial score (nSPS) is 11.7. The molecule has 1 heterocycles. The number of halogens is 3. The van der Waals surface area contributed by atoms with E-state index in [-0.39, 0.29) is 0 Å². The molecule has 138 valence electrons. The Morgan fingerprint density at radius 2 is 1.88 bits per heavy atom. The summed E-state index contributed by atoms with van der Waals surface area (Å²) in [5, 5.41) is 7.14.